The van der Waals surface area contributed by atoms with Gasteiger partial charge in [-0.3, -0.25) is 4.21 Å². The Morgan fingerprint density at radius 3 is 2.32 bits per heavy atom. The molecule has 1 atom stereocenters. The Bertz CT molecular complexity index is 649. The van der Waals surface area contributed by atoms with Crippen molar-refractivity contribution in [3.05, 3.63) is 59.7 Å². The Morgan fingerprint density at radius 2 is 1.77 bits per heavy atom. The standard InChI is InChI=1S/C14H15N3O4S/c1-21-14(18)13-4-2-11(3-5-13)8-17(22(19)20)9-12-6-15-10-16-7-12/h2-7,10H,8-9H2,1H3,(H,19,20)/p-1. The second-order valence-electron chi connectivity index (χ2n) is 4.45. The van der Waals surface area contributed by atoms with E-state index in [4.69, 9.17) is 0 Å². The van der Waals surface area contributed by atoms with Gasteiger partial charge in [-0.2, -0.15) is 0 Å². The molecular weight excluding hydrogens is 306 g/mol. The summed E-state index contributed by atoms with van der Waals surface area (Å²) in [6, 6.07) is 6.57. The van der Waals surface area contributed by atoms with Crippen molar-refractivity contribution in [2.75, 3.05) is 7.11 Å². The van der Waals surface area contributed by atoms with Crippen LogP contribution in [-0.4, -0.2) is 36.1 Å². The van der Waals surface area contributed by atoms with Crippen LogP contribution in [0.3, 0.4) is 0 Å². The number of aromatic nitrogens is 2. The highest BCUT2D eigenvalue weighted by molar-refractivity contribution is 7.76. The van der Waals surface area contributed by atoms with Crippen LogP contribution in [0.1, 0.15) is 21.5 Å². The first-order chi connectivity index (χ1) is 10.6. The summed E-state index contributed by atoms with van der Waals surface area (Å²) < 4.78 is 28.5. The predicted octanol–water partition coefficient (Wildman–Crippen LogP) is 1.06. The molecule has 1 aromatic heterocycles. The molecule has 1 aromatic carbocycles. The lowest BCUT2D eigenvalue weighted by molar-refractivity contribution is 0.0600. The average Bonchev–Trinajstić information content (AvgIpc) is 2.55. The highest BCUT2D eigenvalue weighted by atomic mass is 32.2. The fraction of sp³-hybridized carbons (Fsp3) is 0.214. The third kappa shape index (κ3) is 4.42. The van der Waals surface area contributed by atoms with Crippen molar-refractivity contribution in [1.29, 1.82) is 0 Å². The lowest BCUT2D eigenvalue weighted by Gasteiger charge is -2.24. The molecule has 22 heavy (non-hydrogen) atoms. The van der Waals surface area contributed by atoms with E-state index in [0.717, 1.165) is 5.56 Å². The maximum atomic E-state index is 11.4. The molecule has 0 fully saturated rings. The van der Waals surface area contributed by atoms with Gasteiger partial charge in [-0.25, -0.2) is 19.1 Å². The van der Waals surface area contributed by atoms with Crippen LogP contribution in [0.15, 0.2) is 43.0 Å². The van der Waals surface area contributed by atoms with Gasteiger partial charge in [-0.1, -0.05) is 12.1 Å². The first-order valence-corrected chi connectivity index (χ1v) is 7.39. The number of ether oxygens (including phenoxy) is 1. The van der Waals surface area contributed by atoms with Crippen molar-refractivity contribution in [3.63, 3.8) is 0 Å². The fourth-order valence-corrected chi connectivity index (χ4v) is 2.35. The minimum Gasteiger partial charge on any atom is -0.760 e. The first kappa shape index (κ1) is 16.2. The molecule has 0 radical (unpaired) electrons. The number of carbonyl (C=O) groups excluding carboxylic acids is 1. The molecule has 1 unspecified atom stereocenters. The lowest BCUT2D eigenvalue weighted by atomic mass is 10.1. The van der Waals surface area contributed by atoms with E-state index in [2.05, 4.69) is 14.7 Å². The monoisotopic (exact) mass is 320 g/mol. The molecule has 0 spiro atoms. The van der Waals surface area contributed by atoms with Crippen molar-refractivity contribution in [2.45, 2.75) is 13.1 Å². The van der Waals surface area contributed by atoms with Gasteiger partial charge < -0.3 is 9.29 Å². The van der Waals surface area contributed by atoms with E-state index in [-0.39, 0.29) is 13.1 Å². The number of nitrogens with zero attached hydrogens (tertiary/aromatic N) is 3. The number of hydrogen-bond acceptors (Lipinski definition) is 6. The summed E-state index contributed by atoms with van der Waals surface area (Å²) >= 11 is -2.38. The van der Waals surface area contributed by atoms with E-state index in [1.54, 1.807) is 36.7 Å². The Labute approximate surface area is 130 Å². The van der Waals surface area contributed by atoms with Gasteiger partial charge in [0.25, 0.3) is 0 Å². The van der Waals surface area contributed by atoms with Gasteiger partial charge in [0.2, 0.25) is 0 Å². The molecule has 0 amide bonds. The largest absolute Gasteiger partial charge is 0.760 e. The van der Waals surface area contributed by atoms with Crippen LogP contribution in [-0.2, 0) is 29.1 Å². The summed E-state index contributed by atoms with van der Waals surface area (Å²) in [6.07, 6.45) is 4.51. The van der Waals surface area contributed by atoms with Gasteiger partial charge in [-0.05, 0) is 17.7 Å². The molecule has 7 nitrogen and oxygen atoms in total. The predicted molar refractivity (Wildman–Crippen MR) is 78.0 cm³/mol. The van der Waals surface area contributed by atoms with E-state index in [1.165, 1.54) is 17.7 Å². The molecular formula is C14H14N3O4S-. The van der Waals surface area contributed by atoms with Crippen molar-refractivity contribution >= 4 is 17.2 Å². The van der Waals surface area contributed by atoms with Crippen LogP contribution >= 0.6 is 0 Å². The zero-order valence-corrected chi connectivity index (χ0v) is 12.7. The van der Waals surface area contributed by atoms with Gasteiger partial charge in [-0.15, -0.1) is 0 Å². The van der Waals surface area contributed by atoms with Crippen molar-refractivity contribution in [2.24, 2.45) is 0 Å². The van der Waals surface area contributed by atoms with Crippen molar-refractivity contribution < 1.29 is 18.3 Å². The molecule has 116 valence electrons. The van der Waals surface area contributed by atoms with Crippen LogP contribution in [0.25, 0.3) is 0 Å². The van der Waals surface area contributed by atoms with Gasteiger partial charge in [0.05, 0.1) is 12.7 Å². The highest BCUT2D eigenvalue weighted by Gasteiger charge is 2.10. The zero-order chi connectivity index (χ0) is 15.9. The number of methoxy groups -OCH3 is 1. The number of hydrogen-bond donors (Lipinski definition) is 0. The number of rotatable bonds is 6. The molecule has 0 bridgehead atoms. The molecule has 0 aliphatic heterocycles. The number of carbonyl (C=O) groups is 1. The number of esters is 1. The second-order valence-corrected chi connectivity index (χ2v) is 5.40. The minimum absolute atomic E-state index is 0.176. The third-order valence-corrected chi connectivity index (χ3v) is 3.60. The second kappa shape index (κ2) is 7.74. The molecule has 0 N–H and O–H groups in total. The highest BCUT2D eigenvalue weighted by Crippen LogP contribution is 2.12. The summed E-state index contributed by atoms with van der Waals surface area (Å²) in [6.45, 7) is 0.363. The molecule has 1 heterocycles. The summed E-state index contributed by atoms with van der Waals surface area (Å²) in [5.41, 5.74) is 1.86. The Kier molecular flexibility index (Phi) is 5.70. The van der Waals surface area contributed by atoms with Crippen LogP contribution in [0.4, 0.5) is 0 Å². The number of benzene rings is 1. The average molecular weight is 320 g/mol. The third-order valence-electron chi connectivity index (χ3n) is 2.92. The molecule has 0 saturated heterocycles. The summed E-state index contributed by atoms with van der Waals surface area (Å²) in [7, 11) is 1.31. The van der Waals surface area contributed by atoms with Crippen molar-refractivity contribution in [3.8, 4) is 0 Å². The van der Waals surface area contributed by atoms with Crippen molar-refractivity contribution in [1.82, 2.24) is 14.3 Å². The van der Waals surface area contributed by atoms with Gasteiger partial charge in [0.1, 0.15) is 6.33 Å². The topological polar surface area (TPSA) is 95.5 Å². The van der Waals surface area contributed by atoms with Crippen LogP contribution < -0.4 is 0 Å². The fourth-order valence-electron chi connectivity index (χ4n) is 1.84. The normalized spacial score (nSPS) is 12.1. The van der Waals surface area contributed by atoms with E-state index in [0.29, 0.717) is 11.1 Å². The van der Waals surface area contributed by atoms with E-state index >= 15 is 0 Å². The summed E-state index contributed by atoms with van der Waals surface area (Å²) in [5.74, 6) is -0.433. The lowest BCUT2D eigenvalue weighted by Crippen LogP contribution is -2.25. The van der Waals surface area contributed by atoms with Crippen LogP contribution in [0.2, 0.25) is 0 Å². The summed E-state index contributed by atoms with van der Waals surface area (Å²) in [4.78, 5) is 19.1. The molecule has 2 aromatic rings. The molecule has 0 saturated carbocycles. The van der Waals surface area contributed by atoms with Crippen LogP contribution in [0.5, 0.6) is 0 Å². The SMILES string of the molecule is COC(=O)c1ccc(CN(Cc2cncnc2)S(=O)[O-])cc1. The van der Waals surface area contributed by atoms with Gasteiger partial charge in [0, 0.05) is 42.3 Å². The maximum absolute atomic E-state index is 11.4. The maximum Gasteiger partial charge on any atom is 0.337 e. The Morgan fingerprint density at radius 1 is 1.18 bits per heavy atom. The minimum atomic E-state index is -2.38. The smallest absolute Gasteiger partial charge is 0.337 e. The summed E-state index contributed by atoms with van der Waals surface area (Å²) in [5, 5.41) is 0. The zero-order valence-electron chi connectivity index (χ0n) is 11.8. The first-order valence-electron chi connectivity index (χ1n) is 6.35. The Hall–Kier alpha value is -2.16. The van der Waals surface area contributed by atoms with Gasteiger partial charge in [0.15, 0.2) is 0 Å². The molecule has 0 aliphatic carbocycles. The quantitative estimate of drug-likeness (QED) is 0.583. The van der Waals surface area contributed by atoms with E-state index in [9.17, 15) is 13.6 Å². The molecule has 0 aliphatic rings. The molecule has 8 heteroatoms. The van der Waals surface area contributed by atoms with E-state index in [1.807, 2.05) is 0 Å². The van der Waals surface area contributed by atoms with Gasteiger partial charge >= 0.3 is 5.97 Å². The van der Waals surface area contributed by atoms with E-state index < -0.39 is 17.2 Å². The molecule has 2 rings (SSSR count). The Balaban J connectivity index is 2.08. The van der Waals surface area contributed by atoms with Crippen LogP contribution in [0, 0.1) is 0 Å².